The van der Waals surface area contributed by atoms with E-state index in [9.17, 15) is 4.79 Å². The van der Waals surface area contributed by atoms with E-state index in [0.29, 0.717) is 0 Å². The molecule has 0 bridgehead atoms. The van der Waals surface area contributed by atoms with E-state index in [-0.39, 0.29) is 5.91 Å². The van der Waals surface area contributed by atoms with Crippen LogP contribution < -0.4 is 0 Å². The molecular weight excluding hydrogens is 309 g/mol. The molecule has 1 amide bonds. The molecule has 2 nitrogen and oxygen atoms in total. The highest BCUT2D eigenvalue weighted by Gasteiger charge is 2.14. The molecule has 78 valence electrons. The van der Waals surface area contributed by atoms with Crippen LogP contribution in [0.15, 0.2) is 11.4 Å². The van der Waals surface area contributed by atoms with Gasteiger partial charge in [-0.05, 0) is 42.0 Å². The third kappa shape index (κ3) is 2.95. The Labute approximate surface area is 102 Å². The summed E-state index contributed by atoms with van der Waals surface area (Å²) in [5, 5.41) is 1.93. The van der Waals surface area contributed by atoms with Crippen molar-refractivity contribution in [3.63, 3.8) is 0 Å². The van der Waals surface area contributed by atoms with E-state index < -0.39 is 0 Å². The van der Waals surface area contributed by atoms with Crippen LogP contribution in [0.25, 0.3) is 0 Å². The maximum absolute atomic E-state index is 11.9. The van der Waals surface area contributed by atoms with Gasteiger partial charge in [0.25, 0.3) is 5.91 Å². The summed E-state index contributed by atoms with van der Waals surface area (Å²) in [5.41, 5.74) is 0.828. The molecule has 14 heavy (non-hydrogen) atoms. The van der Waals surface area contributed by atoms with Crippen LogP contribution >= 0.6 is 33.9 Å². The lowest BCUT2D eigenvalue weighted by Gasteiger charge is -2.19. The van der Waals surface area contributed by atoms with Crippen molar-refractivity contribution in [3.8, 4) is 0 Å². The minimum absolute atomic E-state index is 0.161. The Morgan fingerprint density at radius 1 is 1.57 bits per heavy atom. The highest BCUT2D eigenvalue weighted by Crippen LogP contribution is 2.18. The second-order valence-electron chi connectivity index (χ2n) is 3.02. The largest absolute Gasteiger partial charge is 0.339 e. The molecule has 0 aliphatic heterocycles. The Kier molecular flexibility index (Phi) is 4.88. The lowest BCUT2D eigenvalue weighted by molar-refractivity contribution is 0.0765. The van der Waals surface area contributed by atoms with Crippen LogP contribution in [0.1, 0.15) is 30.6 Å². The second-order valence-corrected chi connectivity index (χ2v) is 5.83. The molecule has 0 radical (unpaired) electrons. The van der Waals surface area contributed by atoms with Gasteiger partial charge in [-0.2, -0.15) is 0 Å². The summed E-state index contributed by atoms with van der Waals surface area (Å²) in [6, 6.07) is 1.95. The van der Waals surface area contributed by atoms with Gasteiger partial charge in [0.15, 0.2) is 0 Å². The summed E-state index contributed by atoms with van der Waals surface area (Å²) in [6.07, 6.45) is 1.01. The highest BCUT2D eigenvalue weighted by molar-refractivity contribution is 14.1. The first-order valence-electron chi connectivity index (χ1n) is 4.72. The molecule has 0 unspecified atom stereocenters. The molecule has 0 N–H and O–H groups in total. The lowest BCUT2D eigenvalue weighted by atomic mass is 10.3. The van der Waals surface area contributed by atoms with E-state index in [0.717, 1.165) is 25.1 Å². The first kappa shape index (κ1) is 12.0. The third-order valence-corrected chi connectivity index (χ3v) is 3.77. The molecule has 1 heterocycles. The Morgan fingerprint density at radius 3 is 2.71 bits per heavy atom. The van der Waals surface area contributed by atoms with Crippen molar-refractivity contribution in [2.24, 2.45) is 0 Å². The minimum atomic E-state index is 0.161. The Balaban J connectivity index is 2.72. The smallest absolute Gasteiger partial charge is 0.254 e. The fourth-order valence-electron chi connectivity index (χ4n) is 1.28. The molecule has 0 aliphatic rings. The van der Waals surface area contributed by atoms with Crippen molar-refractivity contribution in [3.05, 3.63) is 19.9 Å². The van der Waals surface area contributed by atoms with Gasteiger partial charge in [-0.15, -0.1) is 11.3 Å². The predicted molar refractivity (Wildman–Crippen MR) is 68.9 cm³/mol. The summed E-state index contributed by atoms with van der Waals surface area (Å²) in [6.45, 7) is 5.75. The number of hydrogen-bond acceptors (Lipinski definition) is 2. The van der Waals surface area contributed by atoms with Gasteiger partial charge >= 0.3 is 0 Å². The average Bonchev–Trinajstić information content (AvgIpc) is 2.60. The first-order chi connectivity index (χ1) is 6.69. The molecule has 0 spiro atoms. The molecule has 0 aliphatic carbocycles. The Morgan fingerprint density at radius 2 is 2.29 bits per heavy atom. The Hall–Kier alpha value is -0.100. The van der Waals surface area contributed by atoms with E-state index in [1.807, 2.05) is 23.3 Å². The van der Waals surface area contributed by atoms with Crippen LogP contribution in [0.5, 0.6) is 0 Å². The van der Waals surface area contributed by atoms with Gasteiger partial charge in [0.1, 0.15) is 0 Å². The number of nitrogens with zero attached hydrogens (tertiary/aromatic N) is 1. The molecule has 0 saturated carbocycles. The van der Waals surface area contributed by atoms with Crippen molar-refractivity contribution >= 4 is 39.8 Å². The molecule has 1 aromatic heterocycles. The quantitative estimate of drug-likeness (QED) is 0.779. The van der Waals surface area contributed by atoms with Crippen LogP contribution in [0.4, 0.5) is 0 Å². The average molecular weight is 323 g/mol. The van der Waals surface area contributed by atoms with Crippen molar-refractivity contribution in [2.45, 2.75) is 20.3 Å². The highest BCUT2D eigenvalue weighted by atomic mass is 127. The number of hydrogen-bond donors (Lipinski definition) is 0. The summed E-state index contributed by atoms with van der Waals surface area (Å²) >= 11 is 3.86. The number of halogens is 1. The summed E-state index contributed by atoms with van der Waals surface area (Å²) in [4.78, 5) is 13.8. The molecule has 0 atom stereocenters. The van der Waals surface area contributed by atoms with Crippen LogP contribution in [0.3, 0.4) is 0 Å². The molecule has 0 saturated heterocycles. The van der Waals surface area contributed by atoms with Gasteiger partial charge in [0.2, 0.25) is 0 Å². The fourth-order valence-corrected chi connectivity index (χ4v) is 2.60. The molecule has 4 heteroatoms. The number of rotatable bonds is 4. The van der Waals surface area contributed by atoms with Crippen LogP contribution in [-0.4, -0.2) is 23.9 Å². The summed E-state index contributed by atoms with van der Waals surface area (Å²) < 4.78 is 1.17. The van der Waals surface area contributed by atoms with E-state index in [4.69, 9.17) is 0 Å². The fraction of sp³-hybridized carbons (Fsp3) is 0.500. The standard InChI is InChI=1S/C10H14INOS/c1-3-5-12(4-2)10(13)8-6-9(11)14-7-8/h6-7H,3-5H2,1-2H3. The SMILES string of the molecule is CCCN(CC)C(=O)c1csc(I)c1. The zero-order chi connectivity index (χ0) is 10.6. The number of amides is 1. The Bertz CT molecular complexity index is 311. The maximum Gasteiger partial charge on any atom is 0.254 e. The van der Waals surface area contributed by atoms with E-state index in [1.165, 1.54) is 2.88 Å². The van der Waals surface area contributed by atoms with Crippen molar-refractivity contribution in [1.82, 2.24) is 4.90 Å². The van der Waals surface area contributed by atoms with Crippen molar-refractivity contribution in [2.75, 3.05) is 13.1 Å². The van der Waals surface area contributed by atoms with Crippen LogP contribution in [0, 0.1) is 2.88 Å². The van der Waals surface area contributed by atoms with Gasteiger partial charge in [-0.25, -0.2) is 0 Å². The summed E-state index contributed by atoms with van der Waals surface area (Å²) in [5.74, 6) is 0.161. The van der Waals surface area contributed by atoms with Crippen LogP contribution in [-0.2, 0) is 0 Å². The maximum atomic E-state index is 11.9. The lowest BCUT2D eigenvalue weighted by Crippen LogP contribution is -2.31. The third-order valence-electron chi connectivity index (χ3n) is 1.98. The van der Waals surface area contributed by atoms with E-state index in [2.05, 4.69) is 29.5 Å². The van der Waals surface area contributed by atoms with Gasteiger partial charge in [0.05, 0.1) is 8.45 Å². The first-order valence-corrected chi connectivity index (χ1v) is 6.68. The van der Waals surface area contributed by atoms with Gasteiger partial charge in [0, 0.05) is 18.5 Å². The van der Waals surface area contributed by atoms with Crippen molar-refractivity contribution < 1.29 is 4.79 Å². The zero-order valence-electron chi connectivity index (χ0n) is 8.42. The minimum Gasteiger partial charge on any atom is -0.339 e. The van der Waals surface area contributed by atoms with Gasteiger partial charge in [-0.1, -0.05) is 6.92 Å². The molecule has 0 aromatic carbocycles. The van der Waals surface area contributed by atoms with Gasteiger partial charge in [-0.3, -0.25) is 4.79 Å². The predicted octanol–water partition coefficient (Wildman–Crippen LogP) is 3.22. The number of carbonyl (C=O) groups excluding carboxylic acids is 1. The normalized spacial score (nSPS) is 10.2. The topological polar surface area (TPSA) is 20.3 Å². The van der Waals surface area contributed by atoms with Crippen molar-refractivity contribution in [1.29, 1.82) is 0 Å². The number of carbonyl (C=O) groups is 1. The zero-order valence-corrected chi connectivity index (χ0v) is 11.4. The van der Waals surface area contributed by atoms with E-state index in [1.54, 1.807) is 11.3 Å². The molecule has 0 fully saturated rings. The number of thiophene rings is 1. The second kappa shape index (κ2) is 5.70. The molecular formula is C10H14INOS. The molecule has 1 rings (SSSR count). The van der Waals surface area contributed by atoms with Crippen LogP contribution in [0.2, 0.25) is 0 Å². The monoisotopic (exact) mass is 323 g/mol. The van der Waals surface area contributed by atoms with Gasteiger partial charge < -0.3 is 4.90 Å². The summed E-state index contributed by atoms with van der Waals surface area (Å²) in [7, 11) is 0. The molecule has 1 aromatic rings. The van der Waals surface area contributed by atoms with E-state index >= 15 is 0 Å².